The maximum atomic E-state index is 13.9. The van der Waals surface area contributed by atoms with Crippen molar-refractivity contribution in [3.8, 4) is 0 Å². The Balaban J connectivity index is 1.54. The molecule has 0 bridgehead atoms. The van der Waals surface area contributed by atoms with Gasteiger partial charge in [0.15, 0.2) is 0 Å². The third-order valence-corrected chi connectivity index (χ3v) is 6.43. The predicted molar refractivity (Wildman–Crippen MR) is 128 cm³/mol. The number of nitrogens with two attached hydrogens (primary N) is 1. The van der Waals surface area contributed by atoms with Gasteiger partial charge in [-0.2, -0.15) is 13.2 Å². The smallest absolute Gasteiger partial charge is 0.383 e. The van der Waals surface area contributed by atoms with Gasteiger partial charge in [-0.15, -0.1) is 0 Å². The van der Waals surface area contributed by atoms with Gasteiger partial charge < -0.3 is 10.6 Å². The number of nitrogen functional groups attached to an aromatic ring is 1. The lowest BCUT2D eigenvalue weighted by atomic mass is 9.93. The van der Waals surface area contributed by atoms with E-state index in [0.29, 0.717) is 34.7 Å². The number of carbonyl (C=O) groups is 1. The topological polar surface area (TPSA) is 97.9 Å². The first-order valence-electron chi connectivity index (χ1n) is 11.5. The van der Waals surface area contributed by atoms with E-state index in [0.717, 1.165) is 41.7 Å². The number of rotatable bonds is 4. The number of aryl methyl sites for hydroxylation is 2. The van der Waals surface area contributed by atoms with Crippen LogP contribution in [0.3, 0.4) is 0 Å². The van der Waals surface area contributed by atoms with Crippen molar-refractivity contribution in [1.82, 2.24) is 24.8 Å². The molecule has 0 radical (unpaired) electrons. The van der Waals surface area contributed by atoms with Gasteiger partial charge in [-0.3, -0.25) is 19.7 Å². The van der Waals surface area contributed by atoms with Gasteiger partial charge in [0.2, 0.25) is 0 Å². The van der Waals surface area contributed by atoms with Crippen molar-refractivity contribution in [2.24, 2.45) is 0 Å². The number of benzene rings is 1. The fraction of sp³-hybridized carbons (Fsp3) is 0.269. The van der Waals surface area contributed by atoms with E-state index in [1.54, 1.807) is 35.5 Å². The van der Waals surface area contributed by atoms with Crippen LogP contribution in [-0.4, -0.2) is 30.7 Å². The largest absolute Gasteiger partial charge is 0.417 e. The number of carbonyl (C=O) groups excluding carboxylic acids is 1. The van der Waals surface area contributed by atoms with Crippen LogP contribution < -0.4 is 5.73 Å². The Morgan fingerprint density at radius 2 is 1.92 bits per heavy atom. The van der Waals surface area contributed by atoms with Crippen LogP contribution in [0, 0.1) is 6.92 Å². The molecule has 0 saturated heterocycles. The standard InChI is InChI=1S/C26H23F3N6O/c1-15-11-17-12-16(5-8-20(17)34-24(15)30)25(36)35(14-19-7-6-18(13-33-19)26(27,28)29)22-4-2-3-21-23(22)32-10-9-31-21/h5-13,22H,2-4,14H2,1H3,(H2,30,34)/t22-/m0/s1. The molecule has 0 saturated carbocycles. The average molecular weight is 493 g/mol. The lowest BCUT2D eigenvalue weighted by Crippen LogP contribution is -2.37. The van der Waals surface area contributed by atoms with Crippen LogP contribution in [-0.2, 0) is 19.1 Å². The maximum absolute atomic E-state index is 13.9. The van der Waals surface area contributed by atoms with Crippen molar-refractivity contribution >= 4 is 22.6 Å². The van der Waals surface area contributed by atoms with Crippen LogP contribution in [0.15, 0.2) is 55.0 Å². The lowest BCUT2D eigenvalue weighted by molar-refractivity contribution is -0.137. The lowest BCUT2D eigenvalue weighted by Gasteiger charge is -2.34. The van der Waals surface area contributed by atoms with Crippen LogP contribution in [0.2, 0.25) is 0 Å². The van der Waals surface area contributed by atoms with Crippen LogP contribution in [0.5, 0.6) is 0 Å². The second-order valence-electron chi connectivity index (χ2n) is 8.86. The van der Waals surface area contributed by atoms with E-state index in [1.165, 1.54) is 6.07 Å². The molecule has 184 valence electrons. The van der Waals surface area contributed by atoms with Gasteiger partial charge in [-0.05, 0) is 68.1 Å². The Bertz CT molecular complexity index is 1440. The highest BCUT2D eigenvalue weighted by Gasteiger charge is 2.33. The maximum Gasteiger partial charge on any atom is 0.417 e. The van der Waals surface area contributed by atoms with Crippen molar-refractivity contribution in [3.05, 3.63) is 88.8 Å². The molecule has 0 unspecified atom stereocenters. The monoisotopic (exact) mass is 492 g/mol. The molecule has 0 spiro atoms. The second kappa shape index (κ2) is 9.18. The van der Waals surface area contributed by atoms with Crippen molar-refractivity contribution in [2.75, 3.05) is 5.73 Å². The second-order valence-corrected chi connectivity index (χ2v) is 8.86. The van der Waals surface area contributed by atoms with Crippen LogP contribution in [0.25, 0.3) is 10.9 Å². The van der Waals surface area contributed by atoms with E-state index in [4.69, 9.17) is 5.73 Å². The number of alkyl halides is 3. The fourth-order valence-corrected chi connectivity index (χ4v) is 4.53. The molecular formula is C26H23F3N6O. The molecule has 1 aliphatic carbocycles. The third-order valence-electron chi connectivity index (χ3n) is 6.43. The van der Waals surface area contributed by atoms with Gasteiger partial charge in [0.25, 0.3) is 5.91 Å². The number of anilines is 1. The highest BCUT2D eigenvalue weighted by molar-refractivity contribution is 5.98. The molecule has 1 amide bonds. The number of halogens is 3. The molecule has 1 aromatic carbocycles. The minimum atomic E-state index is -4.49. The van der Waals surface area contributed by atoms with Gasteiger partial charge in [0, 0.05) is 29.5 Å². The molecule has 2 N–H and O–H groups in total. The van der Waals surface area contributed by atoms with E-state index in [2.05, 4.69) is 19.9 Å². The zero-order valence-electron chi connectivity index (χ0n) is 19.5. The predicted octanol–water partition coefficient (Wildman–Crippen LogP) is 5.05. The number of amides is 1. The Morgan fingerprint density at radius 1 is 1.11 bits per heavy atom. The van der Waals surface area contributed by atoms with Crippen molar-refractivity contribution in [2.45, 2.75) is 44.9 Å². The Kier molecular flexibility index (Phi) is 6.03. The molecule has 1 aliphatic rings. The number of pyridine rings is 2. The molecular weight excluding hydrogens is 469 g/mol. The summed E-state index contributed by atoms with van der Waals surface area (Å²) in [6.07, 6.45) is 1.73. The van der Waals surface area contributed by atoms with Crippen LogP contribution in [0.4, 0.5) is 19.0 Å². The van der Waals surface area contributed by atoms with Gasteiger partial charge in [0.05, 0.1) is 40.7 Å². The minimum absolute atomic E-state index is 0.0225. The van der Waals surface area contributed by atoms with Crippen molar-refractivity contribution < 1.29 is 18.0 Å². The van der Waals surface area contributed by atoms with E-state index >= 15 is 0 Å². The molecule has 5 rings (SSSR count). The summed E-state index contributed by atoms with van der Waals surface area (Å²) in [7, 11) is 0. The van der Waals surface area contributed by atoms with E-state index < -0.39 is 11.7 Å². The summed E-state index contributed by atoms with van der Waals surface area (Å²) in [5, 5.41) is 0.768. The van der Waals surface area contributed by atoms with Gasteiger partial charge in [0.1, 0.15) is 5.82 Å². The Labute approximate surface area is 205 Å². The third kappa shape index (κ3) is 4.58. The molecule has 4 aromatic rings. The Morgan fingerprint density at radius 3 is 2.67 bits per heavy atom. The number of nitrogens with zero attached hydrogens (tertiary/aromatic N) is 5. The van der Waals surface area contributed by atoms with E-state index in [-0.39, 0.29) is 18.5 Å². The molecule has 36 heavy (non-hydrogen) atoms. The summed E-state index contributed by atoms with van der Waals surface area (Å²) in [6, 6.07) is 8.94. The fourth-order valence-electron chi connectivity index (χ4n) is 4.53. The molecule has 1 atom stereocenters. The van der Waals surface area contributed by atoms with Gasteiger partial charge >= 0.3 is 6.18 Å². The zero-order valence-corrected chi connectivity index (χ0v) is 19.5. The zero-order chi connectivity index (χ0) is 25.4. The summed E-state index contributed by atoms with van der Waals surface area (Å²) in [5.41, 5.74) is 8.85. The van der Waals surface area contributed by atoms with E-state index in [9.17, 15) is 18.0 Å². The summed E-state index contributed by atoms with van der Waals surface area (Å²) in [6.45, 7) is 1.87. The highest BCUT2D eigenvalue weighted by atomic mass is 19.4. The number of hydrogen-bond donors (Lipinski definition) is 1. The summed E-state index contributed by atoms with van der Waals surface area (Å²) >= 11 is 0. The SMILES string of the molecule is Cc1cc2cc(C(=O)N(Cc3ccc(C(F)(F)F)cn3)[C@H]3CCCc4nccnc43)ccc2nc1N. The average Bonchev–Trinajstić information content (AvgIpc) is 2.87. The van der Waals surface area contributed by atoms with Crippen LogP contribution in [0.1, 0.15) is 57.5 Å². The summed E-state index contributed by atoms with van der Waals surface area (Å²) < 4.78 is 39.1. The first-order valence-corrected chi connectivity index (χ1v) is 11.5. The molecule has 0 aliphatic heterocycles. The summed E-state index contributed by atoms with van der Waals surface area (Å²) in [5.74, 6) is 0.144. The van der Waals surface area contributed by atoms with Crippen molar-refractivity contribution in [1.29, 1.82) is 0 Å². The molecule has 10 heteroatoms. The number of hydrogen-bond acceptors (Lipinski definition) is 6. The highest BCUT2D eigenvalue weighted by Crippen LogP contribution is 2.35. The first kappa shape index (κ1) is 23.7. The Hall–Kier alpha value is -4.08. The number of aromatic nitrogens is 4. The molecule has 3 aromatic heterocycles. The molecule has 0 fully saturated rings. The van der Waals surface area contributed by atoms with E-state index in [1.807, 2.05) is 13.0 Å². The van der Waals surface area contributed by atoms with Gasteiger partial charge in [-0.25, -0.2) is 4.98 Å². The van der Waals surface area contributed by atoms with Gasteiger partial charge in [-0.1, -0.05) is 0 Å². The minimum Gasteiger partial charge on any atom is -0.383 e. The molecule has 3 heterocycles. The first-order chi connectivity index (χ1) is 17.2. The number of fused-ring (bicyclic) bond motifs is 2. The van der Waals surface area contributed by atoms with Crippen LogP contribution >= 0.6 is 0 Å². The van der Waals surface area contributed by atoms with Crippen molar-refractivity contribution in [3.63, 3.8) is 0 Å². The normalized spacial score (nSPS) is 15.5. The molecule has 7 nitrogen and oxygen atoms in total. The quantitative estimate of drug-likeness (QED) is 0.428. The summed E-state index contributed by atoms with van der Waals surface area (Å²) in [4.78, 5) is 32.8.